The number of rotatable bonds is 5. The molecule has 0 aliphatic heterocycles. The van der Waals surface area contributed by atoms with E-state index in [1.165, 1.54) is 31.4 Å². The summed E-state index contributed by atoms with van der Waals surface area (Å²) in [5.41, 5.74) is 0.231. The highest BCUT2D eigenvalue weighted by molar-refractivity contribution is 9.09. The number of hydrogen-bond donors (Lipinski definition) is 1. The average Bonchev–Trinajstić information content (AvgIpc) is 2.48. The van der Waals surface area contributed by atoms with Gasteiger partial charge in [-0.05, 0) is 36.3 Å². The molecule has 1 aromatic carbocycles. The lowest BCUT2D eigenvalue weighted by Crippen LogP contribution is -2.35. The SMILES string of the molecule is O=C(Cc1ccc(F)cc1F)NCC1CCCCC1CBr. The summed E-state index contributed by atoms with van der Waals surface area (Å²) in [5, 5.41) is 3.85. The summed E-state index contributed by atoms with van der Waals surface area (Å²) in [5.74, 6) is -0.415. The molecule has 2 atom stereocenters. The fraction of sp³-hybridized carbons (Fsp3) is 0.562. The van der Waals surface area contributed by atoms with Gasteiger partial charge in [-0.15, -0.1) is 0 Å². The molecule has 0 saturated heterocycles. The van der Waals surface area contributed by atoms with Crippen molar-refractivity contribution >= 4 is 21.8 Å². The fourth-order valence-corrected chi connectivity index (χ4v) is 3.75. The van der Waals surface area contributed by atoms with Gasteiger partial charge in [-0.25, -0.2) is 8.78 Å². The van der Waals surface area contributed by atoms with Gasteiger partial charge in [0.15, 0.2) is 0 Å². The molecule has 0 bridgehead atoms. The zero-order valence-electron chi connectivity index (χ0n) is 11.9. The molecule has 0 aromatic heterocycles. The van der Waals surface area contributed by atoms with Crippen LogP contribution in [0.5, 0.6) is 0 Å². The summed E-state index contributed by atoms with van der Waals surface area (Å²) in [6, 6.07) is 3.31. The molecular weight excluding hydrogens is 340 g/mol. The number of carbonyl (C=O) groups excluding carboxylic acids is 1. The fourth-order valence-electron chi connectivity index (χ4n) is 2.90. The Hall–Kier alpha value is -0.970. The third-order valence-corrected chi connectivity index (χ3v) is 5.02. The Labute approximate surface area is 132 Å². The van der Waals surface area contributed by atoms with Crippen LogP contribution in [0.4, 0.5) is 8.78 Å². The van der Waals surface area contributed by atoms with Gasteiger partial charge >= 0.3 is 0 Å². The normalized spacial score (nSPS) is 22.0. The van der Waals surface area contributed by atoms with Crippen molar-refractivity contribution in [1.29, 1.82) is 0 Å². The molecule has 5 heteroatoms. The van der Waals surface area contributed by atoms with E-state index in [0.29, 0.717) is 18.4 Å². The van der Waals surface area contributed by atoms with Crippen LogP contribution in [0, 0.1) is 23.5 Å². The number of nitrogens with one attached hydrogen (secondary N) is 1. The Morgan fingerprint density at radius 2 is 1.95 bits per heavy atom. The zero-order valence-corrected chi connectivity index (χ0v) is 13.5. The molecule has 2 unspecified atom stereocenters. The summed E-state index contributed by atoms with van der Waals surface area (Å²) in [7, 11) is 0. The minimum Gasteiger partial charge on any atom is -0.356 e. The second-order valence-electron chi connectivity index (χ2n) is 5.68. The standard InChI is InChI=1S/C16H20BrF2NO/c17-9-12-3-1-2-4-13(12)10-20-16(21)7-11-5-6-14(18)8-15(11)19/h5-6,8,12-13H,1-4,7,9-10H2,(H,20,21). The smallest absolute Gasteiger partial charge is 0.224 e. The maximum atomic E-state index is 13.5. The Balaban J connectivity index is 1.84. The van der Waals surface area contributed by atoms with Crippen molar-refractivity contribution < 1.29 is 13.6 Å². The molecule has 1 aliphatic carbocycles. The van der Waals surface area contributed by atoms with E-state index in [-0.39, 0.29) is 17.9 Å². The molecule has 1 fully saturated rings. The first-order valence-corrected chi connectivity index (χ1v) is 8.49. The highest BCUT2D eigenvalue weighted by Gasteiger charge is 2.24. The predicted octanol–water partition coefficient (Wildman–Crippen LogP) is 3.82. The highest BCUT2D eigenvalue weighted by atomic mass is 79.9. The van der Waals surface area contributed by atoms with Gasteiger partial charge in [0.1, 0.15) is 11.6 Å². The Bertz CT molecular complexity index is 495. The lowest BCUT2D eigenvalue weighted by Gasteiger charge is -2.30. The van der Waals surface area contributed by atoms with E-state index in [1.54, 1.807) is 0 Å². The van der Waals surface area contributed by atoms with Crippen LogP contribution in [0.15, 0.2) is 18.2 Å². The van der Waals surface area contributed by atoms with E-state index in [4.69, 9.17) is 0 Å². The molecule has 2 rings (SSSR count). The van der Waals surface area contributed by atoms with Gasteiger partial charge in [0.25, 0.3) is 0 Å². The van der Waals surface area contributed by atoms with Crippen LogP contribution >= 0.6 is 15.9 Å². The lowest BCUT2D eigenvalue weighted by atomic mass is 9.80. The van der Waals surface area contributed by atoms with Crippen LogP contribution < -0.4 is 5.32 Å². The first kappa shape index (κ1) is 16.4. The van der Waals surface area contributed by atoms with E-state index < -0.39 is 11.6 Å². The number of amides is 1. The van der Waals surface area contributed by atoms with Crippen molar-refractivity contribution in [2.45, 2.75) is 32.1 Å². The van der Waals surface area contributed by atoms with Crippen LogP contribution in [0.3, 0.4) is 0 Å². The van der Waals surface area contributed by atoms with E-state index in [9.17, 15) is 13.6 Å². The first-order valence-electron chi connectivity index (χ1n) is 7.36. The van der Waals surface area contributed by atoms with E-state index in [0.717, 1.165) is 17.8 Å². The van der Waals surface area contributed by atoms with Gasteiger partial charge < -0.3 is 5.32 Å². The molecule has 1 amide bonds. The third-order valence-electron chi connectivity index (χ3n) is 4.19. The van der Waals surface area contributed by atoms with E-state index >= 15 is 0 Å². The second kappa shape index (κ2) is 7.87. The number of hydrogen-bond acceptors (Lipinski definition) is 1. The summed E-state index contributed by atoms with van der Waals surface area (Å²) in [4.78, 5) is 11.9. The van der Waals surface area contributed by atoms with Crippen LogP contribution in [0.1, 0.15) is 31.2 Å². The number of carbonyl (C=O) groups is 1. The molecule has 21 heavy (non-hydrogen) atoms. The lowest BCUT2D eigenvalue weighted by molar-refractivity contribution is -0.120. The van der Waals surface area contributed by atoms with Crippen LogP contribution in [-0.4, -0.2) is 17.8 Å². The zero-order chi connectivity index (χ0) is 15.2. The van der Waals surface area contributed by atoms with Crippen LogP contribution in [-0.2, 0) is 11.2 Å². The molecule has 116 valence electrons. The molecule has 1 saturated carbocycles. The van der Waals surface area contributed by atoms with Crippen LogP contribution in [0.2, 0.25) is 0 Å². The monoisotopic (exact) mass is 359 g/mol. The first-order chi connectivity index (χ1) is 10.1. The van der Waals surface area contributed by atoms with Gasteiger partial charge in [-0.1, -0.05) is 34.8 Å². The molecule has 0 spiro atoms. The maximum Gasteiger partial charge on any atom is 0.224 e. The molecule has 0 radical (unpaired) electrons. The van der Waals surface area contributed by atoms with Crippen molar-refractivity contribution in [2.75, 3.05) is 11.9 Å². The van der Waals surface area contributed by atoms with E-state index in [1.807, 2.05) is 0 Å². The molecule has 1 aliphatic rings. The largest absolute Gasteiger partial charge is 0.356 e. The van der Waals surface area contributed by atoms with Crippen LogP contribution in [0.25, 0.3) is 0 Å². The maximum absolute atomic E-state index is 13.5. The Kier molecular flexibility index (Phi) is 6.15. The number of benzene rings is 1. The molecular formula is C16H20BrF2NO. The minimum absolute atomic E-state index is 0.0438. The van der Waals surface area contributed by atoms with Gasteiger partial charge in [0.2, 0.25) is 5.91 Å². The topological polar surface area (TPSA) is 29.1 Å². The molecule has 2 nitrogen and oxygen atoms in total. The molecule has 0 heterocycles. The minimum atomic E-state index is -0.666. The number of alkyl halides is 1. The Morgan fingerprint density at radius 3 is 2.62 bits per heavy atom. The second-order valence-corrected chi connectivity index (χ2v) is 6.32. The summed E-state index contributed by atoms with van der Waals surface area (Å²) in [6.45, 7) is 0.637. The van der Waals surface area contributed by atoms with Crippen molar-refractivity contribution in [3.05, 3.63) is 35.4 Å². The third kappa shape index (κ3) is 4.77. The summed E-state index contributed by atoms with van der Waals surface area (Å²) >= 11 is 3.53. The van der Waals surface area contributed by atoms with E-state index in [2.05, 4.69) is 21.2 Å². The van der Waals surface area contributed by atoms with Crippen molar-refractivity contribution in [3.8, 4) is 0 Å². The Morgan fingerprint density at radius 1 is 1.24 bits per heavy atom. The summed E-state index contributed by atoms with van der Waals surface area (Å²) < 4.78 is 26.3. The van der Waals surface area contributed by atoms with Gasteiger partial charge in [0, 0.05) is 17.9 Å². The average molecular weight is 360 g/mol. The molecule has 1 aromatic rings. The molecule has 1 N–H and O–H groups in total. The van der Waals surface area contributed by atoms with Crippen molar-refractivity contribution in [1.82, 2.24) is 5.32 Å². The van der Waals surface area contributed by atoms with Crippen molar-refractivity contribution in [2.24, 2.45) is 11.8 Å². The van der Waals surface area contributed by atoms with Crippen molar-refractivity contribution in [3.63, 3.8) is 0 Å². The van der Waals surface area contributed by atoms with Gasteiger partial charge in [-0.3, -0.25) is 4.79 Å². The van der Waals surface area contributed by atoms with Gasteiger partial charge in [-0.2, -0.15) is 0 Å². The quantitative estimate of drug-likeness (QED) is 0.795. The predicted molar refractivity (Wildman–Crippen MR) is 82.3 cm³/mol. The number of halogens is 3. The van der Waals surface area contributed by atoms with Gasteiger partial charge in [0.05, 0.1) is 6.42 Å². The highest BCUT2D eigenvalue weighted by Crippen LogP contribution is 2.30. The summed E-state index contributed by atoms with van der Waals surface area (Å²) in [6.07, 6.45) is 4.73.